The summed E-state index contributed by atoms with van der Waals surface area (Å²) in [5.41, 5.74) is -0.503. The molecule has 2 N–H and O–H groups in total. The normalized spacial score (nSPS) is 21.0. The van der Waals surface area contributed by atoms with Gasteiger partial charge in [0.1, 0.15) is 5.82 Å². The smallest absolute Gasteiger partial charge is 0.230 e. The van der Waals surface area contributed by atoms with Crippen LogP contribution in [0.2, 0.25) is 0 Å². The predicted octanol–water partition coefficient (Wildman–Crippen LogP) is 1.06. The molecule has 0 spiro atoms. The van der Waals surface area contributed by atoms with Crippen LogP contribution in [0.5, 0.6) is 0 Å². The Labute approximate surface area is 124 Å². The Morgan fingerprint density at radius 1 is 1.24 bits per heavy atom. The van der Waals surface area contributed by atoms with E-state index < -0.39 is 15.3 Å². The SMILES string of the molecule is CC(C)(C)C(=O)Nc1ccc(NC2CCS(=O)(=O)C2)nn1. The highest BCUT2D eigenvalue weighted by atomic mass is 32.2. The topological polar surface area (TPSA) is 101 Å². The summed E-state index contributed by atoms with van der Waals surface area (Å²) in [6, 6.07) is 3.19. The lowest BCUT2D eigenvalue weighted by Crippen LogP contribution is -2.28. The van der Waals surface area contributed by atoms with Crippen molar-refractivity contribution >= 4 is 27.4 Å². The average molecular weight is 312 g/mol. The van der Waals surface area contributed by atoms with Crippen molar-refractivity contribution in [1.82, 2.24) is 10.2 Å². The molecule has 1 atom stereocenters. The number of carbonyl (C=O) groups is 1. The quantitative estimate of drug-likeness (QED) is 0.865. The number of hydrogen-bond donors (Lipinski definition) is 2. The van der Waals surface area contributed by atoms with Crippen molar-refractivity contribution in [2.24, 2.45) is 5.41 Å². The van der Waals surface area contributed by atoms with E-state index in [1.54, 1.807) is 12.1 Å². The highest BCUT2D eigenvalue weighted by Crippen LogP contribution is 2.18. The number of anilines is 2. The minimum atomic E-state index is -2.92. The van der Waals surface area contributed by atoms with Gasteiger partial charge in [0.05, 0.1) is 11.5 Å². The first kappa shape index (κ1) is 15.7. The van der Waals surface area contributed by atoms with E-state index in [-0.39, 0.29) is 23.5 Å². The fourth-order valence-corrected chi connectivity index (χ4v) is 3.57. The number of rotatable bonds is 3. The fraction of sp³-hybridized carbons (Fsp3) is 0.615. The van der Waals surface area contributed by atoms with Crippen molar-refractivity contribution in [3.8, 4) is 0 Å². The largest absolute Gasteiger partial charge is 0.365 e. The van der Waals surface area contributed by atoms with Crippen molar-refractivity contribution in [2.45, 2.75) is 33.2 Å². The lowest BCUT2D eigenvalue weighted by atomic mass is 9.96. The second-order valence-electron chi connectivity index (χ2n) is 6.25. The molecule has 1 aromatic rings. The van der Waals surface area contributed by atoms with E-state index in [1.807, 2.05) is 20.8 Å². The van der Waals surface area contributed by atoms with Gasteiger partial charge in [-0.25, -0.2) is 8.42 Å². The van der Waals surface area contributed by atoms with E-state index in [1.165, 1.54) is 0 Å². The number of carbonyl (C=O) groups excluding carboxylic acids is 1. The number of aromatic nitrogens is 2. The first-order valence-electron chi connectivity index (χ1n) is 6.78. The molecule has 1 amide bonds. The van der Waals surface area contributed by atoms with Gasteiger partial charge in [0.2, 0.25) is 5.91 Å². The van der Waals surface area contributed by atoms with Gasteiger partial charge in [-0.15, -0.1) is 10.2 Å². The summed E-state index contributed by atoms with van der Waals surface area (Å²) in [6.07, 6.45) is 0.576. The van der Waals surface area contributed by atoms with Crippen molar-refractivity contribution in [2.75, 3.05) is 22.1 Å². The van der Waals surface area contributed by atoms with Gasteiger partial charge in [-0.2, -0.15) is 0 Å². The molecule has 1 fully saturated rings. The van der Waals surface area contributed by atoms with Gasteiger partial charge in [-0.05, 0) is 18.6 Å². The summed E-state index contributed by atoms with van der Waals surface area (Å²) in [7, 11) is -2.92. The summed E-state index contributed by atoms with van der Waals surface area (Å²) in [6.45, 7) is 5.44. The van der Waals surface area contributed by atoms with Crippen molar-refractivity contribution in [1.29, 1.82) is 0 Å². The highest BCUT2D eigenvalue weighted by molar-refractivity contribution is 7.91. The van der Waals surface area contributed by atoms with Crippen LogP contribution in [-0.2, 0) is 14.6 Å². The molecule has 1 saturated heterocycles. The second-order valence-corrected chi connectivity index (χ2v) is 8.48. The molecule has 1 aliphatic heterocycles. The summed E-state index contributed by atoms with van der Waals surface area (Å²) in [5.74, 6) is 1.07. The molecule has 2 heterocycles. The van der Waals surface area contributed by atoms with E-state index in [0.717, 1.165) is 0 Å². The summed E-state index contributed by atoms with van der Waals surface area (Å²) < 4.78 is 22.8. The van der Waals surface area contributed by atoms with Gasteiger partial charge < -0.3 is 10.6 Å². The molecule has 1 aromatic heterocycles. The molecule has 2 rings (SSSR count). The number of nitrogens with one attached hydrogen (secondary N) is 2. The third-order valence-corrected chi connectivity index (χ3v) is 4.94. The van der Waals surface area contributed by atoms with Crippen LogP contribution in [0.15, 0.2) is 12.1 Å². The zero-order chi connectivity index (χ0) is 15.7. The Hall–Kier alpha value is -1.70. The van der Waals surface area contributed by atoms with E-state index >= 15 is 0 Å². The van der Waals surface area contributed by atoms with Crippen LogP contribution in [-0.4, -0.2) is 42.1 Å². The zero-order valence-corrected chi connectivity index (χ0v) is 13.2. The number of sulfone groups is 1. The third kappa shape index (κ3) is 4.38. The summed E-state index contributed by atoms with van der Waals surface area (Å²) in [4.78, 5) is 11.8. The number of hydrogen-bond acceptors (Lipinski definition) is 6. The molecule has 116 valence electrons. The maximum absolute atomic E-state index is 11.8. The molecule has 1 unspecified atom stereocenters. The molecule has 1 aliphatic rings. The first-order valence-corrected chi connectivity index (χ1v) is 8.60. The lowest BCUT2D eigenvalue weighted by molar-refractivity contribution is -0.123. The predicted molar refractivity (Wildman–Crippen MR) is 80.8 cm³/mol. The summed E-state index contributed by atoms with van der Waals surface area (Å²) in [5, 5.41) is 13.6. The number of amides is 1. The standard InChI is InChI=1S/C13H20N4O3S/c1-13(2,3)12(18)15-11-5-4-10(16-17-11)14-9-6-7-21(19,20)8-9/h4-5,9H,6-8H2,1-3H3,(H,14,16)(H,15,17,18). The minimum absolute atomic E-state index is 0.122. The summed E-state index contributed by atoms with van der Waals surface area (Å²) >= 11 is 0. The van der Waals surface area contributed by atoms with Crippen molar-refractivity contribution in [3.63, 3.8) is 0 Å². The Kier molecular flexibility index (Phi) is 4.18. The molecule has 0 radical (unpaired) electrons. The van der Waals surface area contributed by atoms with Crippen LogP contribution in [0.25, 0.3) is 0 Å². The van der Waals surface area contributed by atoms with Gasteiger partial charge in [0, 0.05) is 11.5 Å². The Balaban J connectivity index is 1.95. The van der Waals surface area contributed by atoms with Crippen molar-refractivity contribution in [3.05, 3.63) is 12.1 Å². The monoisotopic (exact) mass is 312 g/mol. The molecule has 7 nitrogen and oxygen atoms in total. The van der Waals surface area contributed by atoms with E-state index in [9.17, 15) is 13.2 Å². The molecule has 8 heteroatoms. The minimum Gasteiger partial charge on any atom is -0.365 e. The van der Waals surface area contributed by atoms with Gasteiger partial charge in [-0.1, -0.05) is 20.8 Å². The molecular weight excluding hydrogens is 292 g/mol. The third-order valence-electron chi connectivity index (χ3n) is 3.17. The Morgan fingerprint density at radius 2 is 1.86 bits per heavy atom. The van der Waals surface area contributed by atoms with Crippen LogP contribution in [0.3, 0.4) is 0 Å². The molecule has 0 aromatic carbocycles. The molecular formula is C13H20N4O3S. The van der Waals surface area contributed by atoms with Crippen LogP contribution >= 0.6 is 0 Å². The lowest BCUT2D eigenvalue weighted by Gasteiger charge is -2.17. The van der Waals surface area contributed by atoms with Crippen LogP contribution < -0.4 is 10.6 Å². The molecule has 0 bridgehead atoms. The van der Waals surface area contributed by atoms with Gasteiger partial charge in [-0.3, -0.25) is 4.79 Å². The maximum Gasteiger partial charge on any atom is 0.230 e. The van der Waals surface area contributed by atoms with E-state index in [0.29, 0.717) is 18.1 Å². The maximum atomic E-state index is 11.8. The molecule has 21 heavy (non-hydrogen) atoms. The van der Waals surface area contributed by atoms with Crippen LogP contribution in [0, 0.1) is 5.41 Å². The Bertz CT molecular complexity index is 620. The van der Waals surface area contributed by atoms with E-state index in [4.69, 9.17) is 0 Å². The van der Waals surface area contributed by atoms with Gasteiger partial charge in [0.15, 0.2) is 15.7 Å². The first-order chi connectivity index (χ1) is 9.66. The highest BCUT2D eigenvalue weighted by Gasteiger charge is 2.28. The van der Waals surface area contributed by atoms with Crippen LogP contribution in [0.1, 0.15) is 27.2 Å². The van der Waals surface area contributed by atoms with E-state index in [2.05, 4.69) is 20.8 Å². The fourth-order valence-electron chi connectivity index (χ4n) is 1.90. The van der Waals surface area contributed by atoms with Crippen molar-refractivity contribution < 1.29 is 13.2 Å². The second kappa shape index (κ2) is 5.59. The van der Waals surface area contributed by atoms with Crippen LogP contribution in [0.4, 0.5) is 11.6 Å². The average Bonchev–Trinajstić information content (AvgIpc) is 2.70. The molecule has 0 aliphatic carbocycles. The van der Waals surface area contributed by atoms with Gasteiger partial charge in [0.25, 0.3) is 0 Å². The number of nitrogens with zero attached hydrogens (tertiary/aromatic N) is 2. The zero-order valence-electron chi connectivity index (χ0n) is 12.4. The van der Waals surface area contributed by atoms with Gasteiger partial charge >= 0.3 is 0 Å². The molecule has 0 saturated carbocycles. The Morgan fingerprint density at radius 3 is 2.33 bits per heavy atom.